The van der Waals surface area contributed by atoms with Gasteiger partial charge in [0, 0.05) is 11.1 Å². The Bertz CT molecular complexity index is 809. The molecule has 0 radical (unpaired) electrons. The summed E-state index contributed by atoms with van der Waals surface area (Å²) in [6.45, 7) is 4.78. The molecular formula is C22H22O3S. The van der Waals surface area contributed by atoms with E-state index in [1.54, 1.807) is 30.8 Å². The van der Waals surface area contributed by atoms with Crippen LogP contribution in [0.2, 0.25) is 0 Å². The molecule has 0 aromatic heterocycles. The van der Waals surface area contributed by atoms with Gasteiger partial charge in [-0.3, -0.25) is 0 Å². The van der Waals surface area contributed by atoms with Crippen LogP contribution < -0.4 is 4.74 Å². The average Bonchev–Trinajstić information content (AvgIpc) is 2.67. The molecule has 0 aliphatic carbocycles. The Kier molecular flexibility index (Phi) is 7.85. The van der Waals surface area contributed by atoms with Crippen molar-refractivity contribution in [1.82, 2.24) is 0 Å². The van der Waals surface area contributed by atoms with E-state index in [2.05, 4.69) is 24.8 Å². The van der Waals surface area contributed by atoms with Crippen molar-refractivity contribution in [1.29, 1.82) is 0 Å². The Morgan fingerprint density at radius 3 is 2.15 bits per heavy atom. The van der Waals surface area contributed by atoms with Crippen LogP contribution in [-0.2, 0) is 4.74 Å². The number of allylic oxidation sites excluding steroid dienone is 1. The summed E-state index contributed by atoms with van der Waals surface area (Å²) in [6, 6.07) is 14.8. The Balaban J connectivity index is 1.96. The normalized spacial score (nSPS) is 10.7. The average molecular weight is 366 g/mol. The number of hydrogen-bond acceptors (Lipinski definition) is 4. The van der Waals surface area contributed by atoms with Gasteiger partial charge in [0.2, 0.25) is 0 Å². The summed E-state index contributed by atoms with van der Waals surface area (Å²) in [7, 11) is 0. The topological polar surface area (TPSA) is 35.5 Å². The molecule has 3 nitrogen and oxygen atoms in total. The smallest absolute Gasteiger partial charge is 0.338 e. The van der Waals surface area contributed by atoms with Crippen LogP contribution in [-0.4, -0.2) is 25.4 Å². The molecular weight excluding hydrogens is 344 g/mol. The van der Waals surface area contributed by atoms with E-state index in [-0.39, 0.29) is 5.97 Å². The molecule has 2 rings (SSSR count). The van der Waals surface area contributed by atoms with Gasteiger partial charge >= 0.3 is 5.97 Å². The lowest BCUT2D eigenvalue weighted by atomic mass is 10.1. The molecule has 0 heterocycles. The van der Waals surface area contributed by atoms with Crippen molar-refractivity contribution in [3.8, 4) is 17.6 Å². The second-order valence-corrected chi connectivity index (χ2v) is 6.45. The lowest BCUT2D eigenvalue weighted by molar-refractivity contribution is 0.0526. The van der Waals surface area contributed by atoms with Crippen LogP contribution in [0.1, 0.15) is 35.3 Å². The van der Waals surface area contributed by atoms with Gasteiger partial charge in [0.25, 0.3) is 0 Å². The van der Waals surface area contributed by atoms with Gasteiger partial charge in [0.1, 0.15) is 12.4 Å². The van der Waals surface area contributed by atoms with Crippen LogP contribution in [0.4, 0.5) is 0 Å². The largest absolute Gasteiger partial charge is 0.490 e. The molecule has 2 aromatic carbocycles. The highest BCUT2D eigenvalue weighted by Gasteiger charge is 2.04. The minimum Gasteiger partial charge on any atom is -0.490 e. The maximum atomic E-state index is 11.6. The first kappa shape index (κ1) is 19.7. The Labute approximate surface area is 159 Å². The third-order valence-corrected chi connectivity index (χ3v) is 4.35. The third kappa shape index (κ3) is 6.34. The zero-order chi connectivity index (χ0) is 18.8. The summed E-state index contributed by atoms with van der Waals surface area (Å²) >= 11 is 1.71. The number of rotatable bonds is 6. The van der Waals surface area contributed by atoms with Crippen molar-refractivity contribution in [3.63, 3.8) is 0 Å². The van der Waals surface area contributed by atoms with Crippen LogP contribution in [0.5, 0.6) is 5.75 Å². The summed E-state index contributed by atoms with van der Waals surface area (Å²) in [5.41, 5.74) is 2.28. The number of carbonyl (C=O) groups is 1. The van der Waals surface area contributed by atoms with Gasteiger partial charge in [0.05, 0.1) is 12.2 Å². The molecule has 4 heteroatoms. The van der Waals surface area contributed by atoms with Crippen LogP contribution in [0, 0.1) is 11.8 Å². The summed E-state index contributed by atoms with van der Waals surface area (Å²) in [6.07, 6.45) is 4.10. The fourth-order valence-corrected chi connectivity index (χ4v) is 2.26. The van der Waals surface area contributed by atoms with Crippen molar-refractivity contribution >= 4 is 17.7 Å². The van der Waals surface area contributed by atoms with Gasteiger partial charge < -0.3 is 9.47 Å². The predicted molar refractivity (Wildman–Crippen MR) is 108 cm³/mol. The number of hydrogen-bond donors (Lipinski definition) is 0. The molecule has 0 aliphatic rings. The molecule has 0 spiro atoms. The first-order valence-corrected chi connectivity index (χ1v) is 9.57. The molecule has 26 heavy (non-hydrogen) atoms. The fourth-order valence-electron chi connectivity index (χ4n) is 2.02. The predicted octanol–water partition coefficient (Wildman–Crippen LogP) is 4.91. The van der Waals surface area contributed by atoms with E-state index in [1.165, 1.54) is 4.91 Å². The van der Waals surface area contributed by atoms with Crippen molar-refractivity contribution in [3.05, 3.63) is 76.2 Å². The summed E-state index contributed by atoms with van der Waals surface area (Å²) < 4.78 is 10.6. The van der Waals surface area contributed by atoms with Crippen LogP contribution >= 0.6 is 11.8 Å². The number of carbonyl (C=O) groups excluding carboxylic acids is 1. The Morgan fingerprint density at radius 1 is 1.04 bits per heavy atom. The van der Waals surface area contributed by atoms with Crippen LogP contribution in [0.3, 0.4) is 0 Å². The maximum Gasteiger partial charge on any atom is 0.338 e. The molecule has 0 saturated heterocycles. The SMILES string of the molecule is CCOC(=O)c1ccc(C#Cc2ccc(OC/C=C(\C)SC)cc2)cc1. The van der Waals surface area contributed by atoms with E-state index in [0.717, 1.165) is 16.9 Å². The molecule has 0 atom stereocenters. The van der Waals surface area contributed by atoms with Gasteiger partial charge in [-0.15, -0.1) is 11.8 Å². The highest BCUT2D eigenvalue weighted by Crippen LogP contribution is 2.14. The lowest BCUT2D eigenvalue weighted by Crippen LogP contribution is -2.04. The van der Waals surface area contributed by atoms with E-state index in [4.69, 9.17) is 9.47 Å². The van der Waals surface area contributed by atoms with Crippen molar-refractivity contribution in [2.24, 2.45) is 0 Å². The molecule has 0 saturated carbocycles. The summed E-state index contributed by atoms with van der Waals surface area (Å²) in [4.78, 5) is 12.9. The van der Waals surface area contributed by atoms with E-state index in [0.29, 0.717) is 18.8 Å². The highest BCUT2D eigenvalue weighted by molar-refractivity contribution is 8.02. The number of benzene rings is 2. The second kappa shape index (κ2) is 10.4. The van der Waals surface area contributed by atoms with E-state index >= 15 is 0 Å². The Hall–Kier alpha value is -2.64. The van der Waals surface area contributed by atoms with Crippen molar-refractivity contribution < 1.29 is 14.3 Å². The zero-order valence-corrected chi connectivity index (χ0v) is 16.1. The number of thioether (sulfide) groups is 1. The summed E-state index contributed by atoms with van der Waals surface area (Å²) in [5.74, 6) is 6.70. The highest BCUT2D eigenvalue weighted by atomic mass is 32.2. The van der Waals surface area contributed by atoms with E-state index < -0.39 is 0 Å². The first-order chi connectivity index (χ1) is 12.6. The number of ether oxygens (including phenoxy) is 2. The monoisotopic (exact) mass is 366 g/mol. The van der Waals surface area contributed by atoms with E-state index in [9.17, 15) is 4.79 Å². The van der Waals surface area contributed by atoms with Crippen molar-refractivity contribution in [2.45, 2.75) is 13.8 Å². The standard InChI is InChI=1S/C22H22O3S/c1-4-24-22(23)20-11-7-18(8-12-20)5-6-19-9-13-21(14-10-19)25-16-15-17(2)26-3/h7-15H,4,16H2,1-3H3/b17-15+. The van der Waals surface area contributed by atoms with Gasteiger partial charge in [-0.1, -0.05) is 11.8 Å². The van der Waals surface area contributed by atoms with E-state index in [1.807, 2.05) is 42.7 Å². The van der Waals surface area contributed by atoms with Gasteiger partial charge in [0.15, 0.2) is 0 Å². The molecule has 134 valence electrons. The lowest BCUT2D eigenvalue weighted by Gasteiger charge is -2.03. The molecule has 0 unspecified atom stereocenters. The Morgan fingerprint density at radius 2 is 1.62 bits per heavy atom. The molecule has 0 aliphatic heterocycles. The molecule has 0 amide bonds. The molecule has 2 aromatic rings. The van der Waals surface area contributed by atoms with Gasteiger partial charge in [-0.2, -0.15) is 0 Å². The quantitative estimate of drug-likeness (QED) is 0.538. The maximum absolute atomic E-state index is 11.6. The van der Waals surface area contributed by atoms with Gasteiger partial charge in [-0.25, -0.2) is 4.79 Å². The fraction of sp³-hybridized carbons (Fsp3) is 0.227. The summed E-state index contributed by atoms with van der Waals surface area (Å²) in [5, 5.41) is 0. The zero-order valence-electron chi connectivity index (χ0n) is 15.2. The van der Waals surface area contributed by atoms with Gasteiger partial charge in [-0.05, 0) is 79.6 Å². The first-order valence-electron chi connectivity index (χ1n) is 8.35. The third-order valence-electron chi connectivity index (χ3n) is 3.54. The van der Waals surface area contributed by atoms with Crippen LogP contribution in [0.25, 0.3) is 0 Å². The number of esters is 1. The molecule has 0 fully saturated rings. The van der Waals surface area contributed by atoms with Crippen molar-refractivity contribution in [2.75, 3.05) is 19.5 Å². The van der Waals surface area contributed by atoms with Crippen LogP contribution in [0.15, 0.2) is 59.5 Å². The second-order valence-electron chi connectivity index (χ2n) is 5.40. The molecule has 0 N–H and O–H groups in total. The molecule has 0 bridgehead atoms. The minimum atomic E-state index is -0.315. The minimum absolute atomic E-state index is 0.315.